The van der Waals surface area contributed by atoms with E-state index in [1.807, 2.05) is 50.5 Å². The van der Waals surface area contributed by atoms with Gasteiger partial charge in [-0.25, -0.2) is 4.98 Å². The molecule has 1 aliphatic heterocycles. The lowest BCUT2D eigenvalue weighted by molar-refractivity contribution is -0.155. The van der Waals surface area contributed by atoms with E-state index in [2.05, 4.69) is 4.98 Å². The van der Waals surface area contributed by atoms with Crippen molar-refractivity contribution < 1.29 is 29.3 Å². The first-order valence-corrected chi connectivity index (χ1v) is 13.3. The average Bonchev–Trinajstić information content (AvgIpc) is 3.30. The molecule has 2 heterocycles. The Balaban J connectivity index is 2.41. The van der Waals surface area contributed by atoms with Crippen molar-refractivity contribution in [1.82, 2.24) is 4.98 Å². The summed E-state index contributed by atoms with van der Waals surface area (Å²) in [5.74, 6) is -1.33. The Morgan fingerprint density at radius 2 is 2.00 bits per heavy atom. The predicted octanol–water partition coefficient (Wildman–Crippen LogP) is 4.88. The highest BCUT2D eigenvalue weighted by Gasteiger charge is 2.43. The largest absolute Gasteiger partial charge is 0.457 e. The Labute approximate surface area is 218 Å². The number of aromatic nitrogens is 1. The first-order chi connectivity index (χ1) is 16.9. The molecule has 0 aliphatic carbocycles. The number of cyclic esters (lactones) is 1. The molecule has 0 radical (unpaired) electrons. The number of nitrogens with zero attached hydrogens (tertiary/aromatic N) is 1. The van der Waals surface area contributed by atoms with E-state index >= 15 is 0 Å². The van der Waals surface area contributed by atoms with Crippen LogP contribution in [0.2, 0.25) is 0 Å². The Bertz CT molecular complexity index is 992. The summed E-state index contributed by atoms with van der Waals surface area (Å²) in [6, 6.07) is 0. The number of aliphatic hydroxyl groups excluding tert-OH is 2. The summed E-state index contributed by atoms with van der Waals surface area (Å²) in [7, 11) is 1.48. The molecule has 7 nitrogen and oxygen atoms in total. The van der Waals surface area contributed by atoms with Crippen molar-refractivity contribution in [1.29, 1.82) is 0 Å². The fraction of sp³-hybridized carbons (Fsp3) is 0.607. The Kier molecular flexibility index (Phi) is 11.2. The maximum Gasteiger partial charge on any atom is 0.309 e. The minimum absolute atomic E-state index is 0.0919. The molecule has 5 atom stereocenters. The van der Waals surface area contributed by atoms with E-state index in [0.717, 1.165) is 11.1 Å². The van der Waals surface area contributed by atoms with E-state index in [1.54, 1.807) is 20.8 Å². The minimum atomic E-state index is -1.00. The van der Waals surface area contributed by atoms with Crippen molar-refractivity contribution in [3.05, 3.63) is 45.5 Å². The molecule has 1 aromatic heterocycles. The van der Waals surface area contributed by atoms with Crippen molar-refractivity contribution in [2.75, 3.05) is 7.11 Å². The first kappa shape index (κ1) is 30.1. The van der Waals surface area contributed by atoms with Crippen LogP contribution in [0.15, 0.2) is 34.8 Å². The van der Waals surface area contributed by atoms with Crippen LogP contribution in [0, 0.1) is 17.3 Å². The van der Waals surface area contributed by atoms with E-state index in [0.29, 0.717) is 23.5 Å². The van der Waals surface area contributed by atoms with Crippen LogP contribution in [-0.4, -0.2) is 52.4 Å². The van der Waals surface area contributed by atoms with Crippen LogP contribution in [0.1, 0.15) is 71.5 Å². The highest BCUT2D eigenvalue weighted by Crippen LogP contribution is 2.33. The van der Waals surface area contributed by atoms with Crippen LogP contribution in [0.4, 0.5) is 0 Å². The molecule has 0 amide bonds. The zero-order chi connectivity index (χ0) is 27.0. The average molecular weight is 520 g/mol. The van der Waals surface area contributed by atoms with Crippen LogP contribution < -0.4 is 0 Å². The summed E-state index contributed by atoms with van der Waals surface area (Å²) in [5, 5.41) is 22.6. The molecule has 2 N–H and O–H groups in total. The van der Waals surface area contributed by atoms with Gasteiger partial charge in [0.15, 0.2) is 0 Å². The maximum absolute atomic E-state index is 13.4. The number of carbonyl (C=O) groups is 2. The molecule has 0 saturated heterocycles. The number of aliphatic hydroxyl groups is 2. The third-order valence-corrected chi connectivity index (χ3v) is 7.84. The van der Waals surface area contributed by atoms with Gasteiger partial charge in [-0.05, 0) is 37.8 Å². The summed E-state index contributed by atoms with van der Waals surface area (Å²) < 4.78 is 11.5. The summed E-state index contributed by atoms with van der Waals surface area (Å²) in [6.45, 7) is 10.9. The van der Waals surface area contributed by atoms with Gasteiger partial charge in [0.1, 0.15) is 16.9 Å². The lowest BCUT2D eigenvalue weighted by Gasteiger charge is -2.36. The molecule has 0 fully saturated rings. The van der Waals surface area contributed by atoms with Gasteiger partial charge in [-0.15, -0.1) is 11.3 Å². The normalized spacial score (nSPS) is 31.4. The molecule has 200 valence electrons. The van der Waals surface area contributed by atoms with Gasteiger partial charge >= 0.3 is 5.97 Å². The SMILES string of the molecule is CO[C@H]1CC(=O)O[C@H](/C(C)=C/c2csc(CO)n2)C/C=C(C)\C=C\C[C@H](C)[C@H](O)[C@@H](C)C(=O)C1(C)C. The van der Waals surface area contributed by atoms with Crippen molar-refractivity contribution in [3.63, 3.8) is 0 Å². The highest BCUT2D eigenvalue weighted by molar-refractivity contribution is 7.09. The third kappa shape index (κ3) is 7.93. The zero-order valence-electron chi connectivity index (χ0n) is 22.5. The number of Topliss-reactive ketones (excluding diaryl/α,β-unsaturated/α-hetero) is 1. The molecule has 0 saturated carbocycles. The lowest BCUT2D eigenvalue weighted by atomic mass is 9.73. The Morgan fingerprint density at radius 1 is 1.31 bits per heavy atom. The van der Waals surface area contributed by atoms with Gasteiger partial charge in [0.2, 0.25) is 0 Å². The number of ether oxygens (including phenoxy) is 2. The molecule has 8 heteroatoms. The van der Waals surface area contributed by atoms with Gasteiger partial charge < -0.3 is 19.7 Å². The smallest absolute Gasteiger partial charge is 0.309 e. The Morgan fingerprint density at radius 3 is 2.61 bits per heavy atom. The fourth-order valence-corrected chi connectivity index (χ4v) is 5.08. The van der Waals surface area contributed by atoms with Crippen LogP contribution in [0.5, 0.6) is 0 Å². The van der Waals surface area contributed by atoms with Gasteiger partial charge in [0, 0.05) is 24.8 Å². The number of hydrogen-bond donors (Lipinski definition) is 2. The van der Waals surface area contributed by atoms with E-state index in [1.165, 1.54) is 18.4 Å². The molecule has 0 aromatic carbocycles. The zero-order valence-corrected chi connectivity index (χ0v) is 23.3. The topological polar surface area (TPSA) is 106 Å². The molecule has 1 aliphatic rings. The molecule has 0 spiro atoms. The summed E-state index contributed by atoms with van der Waals surface area (Å²) in [6.07, 6.45) is 6.83. The van der Waals surface area contributed by atoms with Crippen molar-refractivity contribution in [3.8, 4) is 0 Å². The van der Waals surface area contributed by atoms with Crippen molar-refractivity contribution >= 4 is 29.2 Å². The molecule has 0 unspecified atom stereocenters. The number of thiazole rings is 1. The van der Waals surface area contributed by atoms with Crippen molar-refractivity contribution in [2.24, 2.45) is 17.3 Å². The molecule has 36 heavy (non-hydrogen) atoms. The third-order valence-electron chi connectivity index (χ3n) is 6.99. The minimum Gasteiger partial charge on any atom is -0.457 e. The second-order valence-electron chi connectivity index (χ2n) is 10.3. The highest BCUT2D eigenvalue weighted by atomic mass is 32.1. The van der Waals surface area contributed by atoms with E-state index in [-0.39, 0.29) is 24.7 Å². The number of hydrogen-bond acceptors (Lipinski definition) is 8. The number of esters is 1. The van der Waals surface area contributed by atoms with Crippen LogP contribution in [0.3, 0.4) is 0 Å². The summed E-state index contributed by atoms with van der Waals surface area (Å²) >= 11 is 1.37. The number of ketones is 1. The molecule has 1 aromatic rings. The van der Waals surface area contributed by atoms with Crippen LogP contribution in [-0.2, 0) is 25.7 Å². The molecular weight excluding hydrogens is 478 g/mol. The molecule has 2 rings (SSSR count). The van der Waals surface area contributed by atoms with Gasteiger partial charge in [0.25, 0.3) is 0 Å². The lowest BCUT2D eigenvalue weighted by Crippen LogP contribution is -2.46. The number of carbonyl (C=O) groups excluding carboxylic acids is 2. The van der Waals surface area contributed by atoms with E-state index < -0.39 is 35.6 Å². The molecular formula is C28H41NO6S. The number of methoxy groups -OCH3 is 1. The van der Waals surface area contributed by atoms with Crippen LogP contribution >= 0.6 is 11.3 Å². The maximum atomic E-state index is 13.4. The number of allylic oxidation sites excluding steroid dienone is 3. The van der Waals surface area contributed by atoms with Gasteiger partial charge in [-0.1, -0.05) is 51.5 Å². The quantitative estimate of drug-likeness (QED) is 0.546. The molecule has 0 bridgehead atoms. The standard InChI is InChI=1S/C28H41NO6S/c1-17-9-8-10-18(2)26(32)20(4)27(33)28(5,6)23(34-7)14-25(31)35-22(12-11-17)19(3)13-21-16-36-24(15-30)29-21/h8-9,11,13,16,18,20,22-23,26,30,32H,10,12,14-15H2,1-7H3/b9-8+,17-11-,19-13+/t18-,20+,22-,23-,26-/m0/s1. The van der Waals surface area contributed by atoms with Gasteiger partial charge in [-0.3, -0.25) is 9.59 Å². The van der Waals surface area contributed by atoms with E-state index in [4.69, 9.17) is 9.47 Å². The fourth-order valence-electron chi connectivity index (χ4n) is 4.47. The monoisotopic (exact) mass is 519 g/mol. The first-order valence-electron chi connectivity index (χ1n) is 12.4. The number of rotatable bonds is 4. The second-order valence-corrected chi connectivity index (χ2v) is 11.2. The second kappa shape index (κ2) is 13.4. The Hall–Kier alpha value is -2.13. The van der Waals surface area contributed by atoms with Gasteiger partial charge in [-0.2, -0.15) is 0 Å². The van der Waals surface area contributed by atoms with Gasteiger partial charge in [0.05, 0.1) is 36.3 Å². The van der Waals surface area contributed by atoms with E-state index in [9.17, 15) is 19.8 Å². The summed E-state index contributed by atoms with van der Waals surface area (Å²) in [4.78, 5) is 30.8. The van der Waals surface area contributed by atoms with Crippen molar-refractivity contribution in [2.45, 2.75) is 85.7 Å². The predicted molar refractivity (Wildman–Crippen MR) is 142 cm³/mol. The van der Waals surface area contributed by atoms with Crippen LogP contribution in [0.25, 0.3) is 6.08 Å². The summed E-state index contributed by atoms with van der Waals surface area (Å²) in [5.41, 5.74) is 1.53.